The van der Waals surface area contributed by atoms with Crippen molar-refractivity contribution in [2.45, 2.75) is 39.5 Å². The van der Waals surface area contributed by atoms with Crippen LogP contribution in [0.15, 0.2) is 49.1 Å². The van der Waals surface area contributed by atoms with E-state index in [2.05, 4.69) is 22.1 Å². The standard InChI is InChI=1S/C26H26N4O4/c1-3-5-13-31-23-21(15-27)22(16-28)24(32-14-6-4-2)26(34-20-10-8-12-30-18-20)25(23)33-19-9-7-11-29-17-19/h7-12,17-18H,3-6,13-14H2,1-2H3. The maximum atomic E-state index is 10.00. The molecule has 174 valence electrons. The van der Waals surface area contributed by atoms with Crippen LogP contribution in [0.25, 0.3) is 0 Å². The highest BCUT2D eigenvalue weighted by molar-refractivity contribution is 5.74. The molecule has 0 spiro atoms. The highest BCUT2D eigenvalue weighted by Gasteiger charge is 2.30. The summed E-state index contributed by atoms with van der Waals surface area (Å²) >= 11 is 0. The number of pyridine rings is 2. The van der Waals surface area contributed by atoms with Crippen molar-refractivity contribution >= 4 is 0 Å². The summed E-state index contributed by atoms with van der Waals surface area (Å²) < 4.78 is 24.3. The van der Waals surface area contributed by atoms with Crippen LogP contribution in [0.4, 0.5) is 0 Å². The van der Waals surface area contributed by atoms with Crippen LogP contribution in [0.2, 0.25) is 0 Å². The van der Waals surface area contributed by atoms with Gasteiger partial charge in [-0.05, 0) is 37.1 Å². The zero-order valence-electron chi connectivity index (χ0n) is 19.3. The second kappa shape index (κ2) is 12.7. The van der Waals surface area contributed by atoms with Crippen molar-refractivity contribution in [3.63, 3.8) is 0 Å². The van der Waals surface area contributed by atoms with Gasteiger partial charge in [0.15, 0.2) is 11.5 Å². The minimum atomic E-state index is 0.0301. The molecule has 0 unspecified atom stereocenters. The molecule has 0 saturated heterocycles. The third-order valence-corrected chi connectivity index (χ3v) is 4.74. The van der Waals surface area contributed by atoms with E-state index in [9.17, 15) is 10.5 Å². The van der Waals surface area contributed by atoms with Crippen molar-refractivity contribution in [1.82, 2.24) is 9.97 Å². The number of hydrogen-bond acceptors (Lipinski definition) is 8. The molecule has 2 heterocycles. The van der Waals surface area contributed by atoms with Crippen LogP contribution < -0.4 is 18.9 Å². The lowest BCUT2D eigenvalue weighted by molar-refractivity contribution is 0.273. The lowest BCUT2D eigenvalue weighted by atomic mass is 10.0. The van der Waals surface area contributed by atoms with Crippen molar-refractivity contribution in [2.24, 2.45) is 0 Å². The van der Waals surface area contributed by atoms with E-state index in [4.69, 9.17) is 18.9 Å². The molecule has 0 saturated carbocycles. The van der Waals surface area contributed by atoms with Gasteiger partial charge >= 0.3 is 0 Å². The second-order valence-corrected chi connectivity index (χ2v) is 7.28. The van der Waals surface area contributed by atoms with Crippen LogP contribution in [-0.2, 0) is 0 Å². The number of nitriles is 2. The van der Waals surface area contributed by atoms with Gasteiger partial charge in [0.05, 0.1) is 25.6 Å². The molecule has 0 aliphatic carbocycles. The minimum absolute atomic E-state index is 0.0301. The van der Waals surface area contributed by atoms with E-state index in [0.29, 0.717) is 24.7 Å². The van der Waals surface area contributed by atoms with Crippen molar-refractivity contribution in [3.8, 4) is 46.6 Å². The molecular weight excluding hydrogens is 432 g/mol. The lowest BCUT2D eigenvalue weighted by Gasteiger charge is -2.22. The molecule has 0 radical (unpaired) electrons. The molecule has 0 N–H and O–H groups in total. The highest BCUT2D eigenvalue weighted by atomic mass is 16.6. The van der Waals surface area contributed by atoms with E-state index in [1.807, 2.05) is 13.8 Å². The van der Waals surface area contributed by atoms with Gasteiger partial charge < -0.3 is 18.9 Å². The summed E-state index contributed by atoms with van der Waals surface area (Å²) in [6.45, 7) is 4.73. The number of unbranched alkanes of at least 4 members (excludes halogenated alkanes) is 2. The predicted molar refractivity (Wildman–Crippen MR) is 125 cm³/mol. The first kappa shape index (κ1) is 24.3. The van der Waals surface area contributed by atoms with E-state index in [1.165, 1.54) is 12.4 Å². The SMILES string of the molecule is CCCCOc1c(C#N)c(C#N)c(OCCCC)c(Oc2cccnc2)c1Oc1cccnc1. The Morgan fingerprint density at radius 2 is 1.15 bits per heavy atom. The number of ether oxygens (including phenoxy) is 4. The summed E-state index contributed by atoms with van der Waals surface area (Å²) in [6.07, 6.45) is 9.61. The Morgan fingerprint density at radius 1 is 0.706 bits per heavy atom. The summed E-state index contributed by atoms with van der Waals surface area (Å²) in [5, 5.41) is 20.0. The Balaban J connectivity index is 2.27. The van der Waals surface area contributed by atoms with E-state index >= 15 is 0 Å². The molecule has 0 aliphatic rings. The summed E-state index contributed by atoms with van der Waals surface area (Å²) in [7, 11) is 0. The van der Waals surface area contributed by atoms with Crippen LogP contribution >= 0.6 is 0 Å². The van der Waals surface area contributed by atoms with Gasteiger partial charge in [-0.2, -0.15) is 10.5 Å². The van der Waals surface area contributed by atoms with E-state index in [-0.39, 0.29) is 34.1 Å². The fourth-order valence-electron chi connectivity index (χ4n) is 3.02. The molecule has 2 aromatic heterocycles. The molecule has 0 bridgehead atoms. The number of benzene rings is 1. The maximum absolute atomic E-state index is 10.00. The van der Waals surface area contributed by atoms with E-state index in [0.717, 1.165) is 25.7 Å². The second-order valence-electron chi connectivity index (χ2n) is 7.28. The Bertz CT molecular complexity index is 1060. The van der Waals surface area contributed by atoms with Gasteiger partial charge in [-0.3, -0.25) is 9.97 Å². The number of rotatable bonds is 12. The third-order valence-electron chi connectivity index (χ3n) is 4.74. The van der Waals surface area contributed by atoms with Crippen LogP contribution in [-0.4, -0.2) is 23.2 Å². The van der Waals surface area contributed by atoms with Crippen LogP contribution in [0.5, 0.6) is 34.5 Å². The average Bonchev–Trinajstić information content (AvgIpc) is 2.87. The van der Waals surface area contributed by atoms with Gasteiger partial charge in [-0.25, -0.2) is 0 Å². The maximum Gasteiger partial charge on any atom is 0.217 e. The Hall–Kier alpha value is -4.30. The van der Waals surface area contributed by atoms with E-state index in [1.54, 1.807) is 36.7 Å². The summed E-state index contributed by atoms with van der Waals surface area (Å²) in [6, 6.07) is 11.1. The Labute approximate surface area is 199 Å². The minimum Gasteiger partial charge on any atom is -0.488 e. The largest absolute Gasteiger partial charge is 0.488 e. The average molecular weight is 459 g/mol. The molecule has 3 aromatic rings. The van der Waals surface area contributed by atoms with Crippen molar-refractivity contribution < 1.29 is 18.9 Å². The van der Waals surface area contributed by atoms with Gasteiger partial charge in [0.25, 0.3) is 0 Å². The molecule has 0 fully saturated rings. The third kappa shape index (κ3) is 5.93. The lowest BCUT2D eigenvalue weighted by Crippen LogP contribution is -2.08. The zero-order valence-corrected chi connectivity index (χ0v) is 19.3. The molecule has 3 rings (SSSR count). The predicted octanol–water partition coefficient (Wildman–Crippen LogP) is 6.16. The van der Waals surface area contributed by atoms with Gasteiger partial charge in [0, 0.05) is 12.4 Å². The highest BCUT2D eigenvalue weighted by Crippen LogP contribution is 2.52. The van der Waals surface area contributed by atoms with Gasteiger partial charge in [0.2, 0.25) is 11.5 Å². The summed E-state index contributed by atoms with van der Waals surface area (Å²) in [5.41, 5.74) is 0.0602. The molecule has 8 heteroatoms. The Kier molecular flexibility index (Phi) is 9.07. The van der Waals surface area contributed by atoms with Gasteiger partial charge in [0.1, 0.15) is 34.8 Å². The van der Waals surface area contributed by atoms with Crippen molar-refractivity contribution in [2.75, 3.05) is 13.2 Å². The first-order valence-electron chi connectivity index (χ1n) is 11.2. The Morgan fingerprint density at radius 3 is 1.47 bits per heavy atom. The van der Waals surface area contributed by atoms with Crippen LogP contribution in [0.1, 0.15) is 50.7 Å². The number of aromatic nitrogens is 2. The summed E-state index contributed by atoms with van der Waals surface area (Å²) in [4.78, 5) is 8.19. The van der Waals surface area contributed by atoms with Crippen molar-refractivity contribution in [1.29, 1.82) is 10.5 Å². The van der Waals surface area contributed by atoms with Crippen LogP contribution in [0.3, 0.4) is 0 Å². The molecule has 1 aromatic carbocycles. The molecule has 8 nitrogen and oxygen atoms in total. The smallest absolute Gasteiger partial charge is 0.217 e. The normalized spacial score (nSPS) is 10.1. The first-order valence-corrected chi connectivity index (χ1v) is 11.2. The van der Waals surface area contributed by atoms with E-state index < -0.39 is 0 Å². The number of hydrogen-bond donors (Lipinski definition) is 0. The molecule has 0 atom stereocenters. The fourth-order valence-corrected chi connectivity index (χ4v) is 3.02. The molecule has 0 aliphatic heterocycles. The molecule has 0 amide bonds. The number of nitrogens with zero attached hydrogens (tertiary/aromatic N) is 4. The first-order chi connectivity index (χ1) is 16.7. The quantitative estimate of drug-likeness (QED) is 0.297. The van der Waals surface area contributed by atoms with Crippen molar-refractivity contribution in [3.05, 3.63) is 60.2 Å². The van der Waals surface area contributed by atoms with Gasteiger partial charge in [-0.1, -0.05) is 26.7 Å². The summed E-state index contributed by atoms with van der Waals surface area (Å²) in [5.74, 6) is 1.33. The fraction of sp³-hybridized carbons (Fsp3) is 0.308. The molecular formula is C26H26N4O4. The molecule has 34 heavy (non-hydrogen) atoms. The monoisotopic (exact) mass is 458 g/mol. The zero-order chi connectivity index (χ0) is 24.2. The van der Waals surface area contributed by atoms with Gasteiger partial charge in [-0.15, -0.1) is 0 Å². The topological polar surface area (TPSA) is 110 Å². The van der Waals surface area contributed by atoms with Crippen LogP contribution in [0, 0.1) is 22.7 Å².